The number of carbonyl (C=O) groups excluding carboxylic acids is 2. The molecule has 1 saturated heterocycles. The first-order valence-electron chi connectivity index (χ1n) is 6.53. The Balaban J connectivity index is 2.38. The molecule has 8 heteroatoms. The third-order valence-electron chi connectivity index (χ3n) is 3.54. The molecular weight excluding hydrogens is 325 g/mol. The highest BCUT2D eigenvalue weighted by atomic mass is 32.1. The number of halogens is 1. The average molecular weight is 339 g/mol. The average Bonchev–Trinajstić information content (AvgIpc) is 2.46. The lowest BCUT2D eigenvalue weighted by atomic mass is 10.0. The van der Waals surface area contributed by atoms with Crippen molar-refractivity contribution < 1.29 is 14.0 Å². The molecule has 2 amide bonds. The standard InChI is InChI=1S/C14H14FN3O2S2/c1-7-8(15)2-3-9(16)12(7)14(22)18(6-19)10-4-5-11(21)17-13(10)20/h2-3,6,10H,4-5,16H2,1H3,(H,17,20,21). The number of thiocarbonyl (C=S) groups is 2. The number of nitrogens with zero attached hydrogens (tertiary/aromatic N) is 1. The molecule has 1 aromatic carbocycles. The highest BCUT2D eigenvalue weighted by Crippen LogP contribution is 2.24. The first kappa shape index (κ1) is 16.4. The molecule has 1 aliphatic heterocycles. The fourth-order valence-corrected chi connectivity index (χ4v) is 2.99. The Morgan fingerprint density at radius 3 is 2.82 bits per heavy atom. The summed E-state index contributed by atoms with van der Waals surface area (Å²) in [7, 11) is 0. The summed E-state index contributed by atoms with van der Waals surface area (Å²) < 4.78 is 13.7. The Morgan fingerprint density at radius 2 is 2.23 bits per heavy atom. The summed E-state index contributed by atoms with van der Waals surface area (Å²) >= 11 is 10.2. The van der Waals surface area contributed by atoms with Crippen LogP contribution in [0.2, 0.25) is 0 Å². The lowest BCUT2D eigenvalue weighted by molar-refractivity contribution is -0.129. The molecule has 1 fully saturated rings. The van der Waals surface area contributed by atoms with E-state index in [1.165, 1.54) is 19.1 Å². The molecule has 1 heterocycles. The van der Waals surface area contributed by atoms with E-state index >= 15 is 0 Å². The number of piperidine rings is 1. The van der Waals surface area contributed by atoms with Gasteiger partial charge in [0.05, 0.1) is 4.99 Å². The predicted molar refractivity (Wildman–Crippen MR) is 88.9 cm³/mol. The quantitative estimate of drug-likeness (QED) is 0.495. The van der Waals surface area contributed by atoms with Crippen LogP contribution in [0, 0.1) is 12.7 Å². The topological polar surface area (TPSA) is 75.4 Å². The molecule has 1 atom stereocenters. The van der Waals surface area contributed by atoms with Gasteiger partial charge in [0.2, 0.25) is 12.3 Å². The minimum absolute atomic E-state index is 0.0254. The monoisotopic (exact) mass is 339 g/mol. The van der Waals surface area contributed by atoms with Crippen LogP contribution in [-0.4, -0.2) is 33.2 Å². The van der Waals surface area contributed by atoms with Crippen molar-refractivity contribution in [3.8, 4) is 0 Å². The Bertz CT molecular complexity index is 678. The third-order valence-corrected chi connectivity index (χ3v) is 4.26. The minimum atomic E-state index is -0.779. The van der Waals surface area contributed by atoms with Gasteiger partial charge in [-0.15, -0.1) is 0 Å². The fourth-order valence-electron chi connectivity index (χ4n) is 2.33. The number of hydrogen-bond donors (Lipinski definition) is 2. The maximum absolute atomic E-state index is 13.7. The summed E-state index contributed by atoms with van der Waals surface area (Å²) in [5, 5.41) is 2.52. The van der Waals surface area contributed by atoms with E-state index in [4.69, 9.17) is 30.2 Å². The minimum Gasteiger partial charge on any atom is -0.398 e. The number of nitrogens with two attached hydrogens (primary N) is 1. The van der Waals surface area contributed by atoms with Crippen LogP contribution in [0.1, 0.15) is 24.0 Å². The molecule has 1 unspecified atom stereocenters. The van der Waals surface area contributed by atoms with Gasteiger partial charge in [-0.3, -0.25) is 14.5 Å². The molecule has 1 aromatic rings. The van der Waals surface area contributed by atoms with Crippen molar-refractivity contribution in [2.75, 3.05) is 5.73 Å². The van der Waals surface area contributed by atoms with Crippen LogP contribution in [0.5, 0.6) is 0 Å². The second-order valence-corrected chi connectivity index (χ2v) is 5.80. The highest BCUT2D eigenvalue weighted by Gasteiger charge is 2.33. The van der Waals surface area contributed by atoms with E-state index in [-0.39, 0.29) is 21.8 Å². The molecule has 0 saturated carbocycles. The molecule has 0 aliphatic carbocycles. The van der Waals surface area contributed by atoms with Gasteiger partial charge in [-0.25, -0.2) is 4.39 Å². The molecular formula is C14H14FN3O2S2. The first-order valence-corrected chi connectivity index (χ1v) is 7.34. The van der Waals surface area contributed by atoms with Gasteiger partial charge in [-0.1, -0.05) is 24.4 Å². The van der Waals surface area contributed by atoms with Gasteiger partial charge in [-0.05, 0) is 31.0 Å². The van der Waals surface area contributed by atoms with Crippen LogP contribution in [0.4, 0.5) is 10.1 Å². The van der Waals surface area contributed by atoms with Crippen molar-refractivity contribution >= 4 is 52.4 Å². The number of anilines is 1. The van der Waals surface area contributed by atoms with Gasteiger partial charge in [0, 0.05) is 17.7 Å². The summed E-state index contributed by atoms with van der Waals surface area (Å²) in [4.78, 5) is 25.0. The molecule has 0 aromatic heterocycles. The molecule has 0 radical (unpaired) electrons. The molecule has 2 rings (SSSR count). The van der Waals surface area contributed by atoms with Crippen molar-refractivity contribution in [2.24, 2.45) is 0 Å². The van der Waals surface area contributed by atoms with E-state index in [2.05, 4.69) is 5.32 Å². The third kappa shape index (κ3) is 2.97. The molecule has 5 nitrogen and oxygen atoms in total. The molecule has 116 valence electrons. The number of hydrogen-bond acceptors (Lipinski definition) is 5. The summed E-state index contributed by atoms with van der Waals surface area (Å²) in [5.74, 6) is -0.884. The summed E-state index contributed by atoms with van der Waals surface area (Å²) in [6.45, 7) is 1.52. The van der Waals surface area contributed by atoms with Gasteiger partial charge in [0.1, 0.15) is 16.8 Å². The van der Waals surface area contributed by atoms with Crippen molar-refractivity contribution in [1.29, 1.82) is 0 Å². The van der Waals surface area contributed by atoms with E-state index < -0.39 is 17.8 Å². The summed E-state index contributed by atoms with van der Waals surface area (Å²) in [5.41, 5.74) is 6.60. The van der Waals surface area contributed by atoms with Crippen molar-refractivity contribution in [1.82, 2.24) is 10.2 Å². The molecule has 0 bridgehead atoms. The van der Waals surface area contributed by atoms with Gasteiger partial charge in [0.15, 0.2) is 0 Å². The zero-order valence-corrected chi connectivity index (χ0v) is 13.4. The number of rotatable bonds is 3. The van der Waals surface area contributed by atoms with Gasteiger partial charge in [-0.2, -0.15) is 0 Å². The number of nitrogen functional groups attached to an aromatic ring is 1. The molecule has 3 N–H and O–H groups in total. The second kappa shape index (κ2) is 6.45. The molecule has 22 heavy (non-hydrogen) atoms. The molecule has 1 aliphatic rings. The Hall–Kier alpha value is -1.93. The van der Waals surface area contributed by atoms with E-state index in [0.717, 1.165) is 4.90 Å². The zero-order chi connectivity index (χ0) is 16.4. The van der Waals surface area contributed by atoms with Crippen LogP contribution in [-0.2, 0) is 9.59 Å². The van der Waals surface area contributed by atoms with Gasteiger partial charge >= 0.3 is 0 Å². The smallest absolute Gasteiger partial charge is 0.247 e. The highest BCUT2D eigenvalue weighted by molar-refractivity contribution is 7.80. The number of nitrogens with one attached hydrogen (secondary N) is 1. The Kier molecular flexibility index (Phi) is 4.82. The van der Waals surface area contributed by atoms with Gasteiger partial charge < -0.3 is 11.1 Å². The fraction of sp³-hybridized carbons (Fsp3) is 0.286. The predicted octanol–water partition coefficient (Wildman–Crippen LogP) is 1.46. The SMILES string of the molecule is Cc1c(F)ccc(N)c1C(=S)N(C=O)C1CCC(=S)NC1=O. The Labute approximate surface area is 137 Å². The van der Waals surface area contributed by atoms with Crippen LogP contribution in [0.15, 0.2) is 12.1 Å². The maximum atomic E-state index is 13.7. The van der Waals surface area contributed by atoms with Crippen LogP contribution in [0.25, 0.3) is 0 Å². The van der Waals surface area contributed by atoms with E-state index in [9.17, 15) is 14.0 Å². The number of benzene rings is 1. The lowest BCUT2D eigenvalue weighted by Gasteiger charge is -2.31. The van der Waals surface area contributed by atoms with Crippen LogP contribution < -0.4 is 11.1 Å². The summed E-state index contributed by atoms with van der Waals surface area (Å²) in [6.07, 6.45) is 1.29. The normalized spacial score (nSPS) is 17.8. The van der Waals surface area contributed by atoms with E-state index in [0.29, 0.717) is 24.2 Å². The second-order valence-electron chi connectivity index (χ2n) is 4.92. The van der Waals surface area contributed by atoms with Crippen molar-refractivity contribution in [3.05, 3.63) is 29.1 Å². The number of amides is 2. The summed E-state index contributed by atoms with van der Waals surface area (Å²) in [6, 6.07) is 1.83. The zero-order valence-electron chi connectivity index (χ0n) is 11.8. The van der Waals surface area contributed by atoms with E-state index in [1.54, 1.807) is 0 Å². The van der Waals surface area contributed by atoms with Crippen LogP contribution in [0.3, 0.4) is 0 Å². The number of carbonyl (C=O) groups is 2. The largest absolute Gasteiger partial charge is 0.398 e. The van der Waals surface area contributed by atoms with Crippen molar-refractivity contribution in [2.45, 2.75) is 25.8 Å². The lowest BCUT2D eigenvalue weighted by Crippen LogP contribution is -2.53. The maximum Gasteiger partial charge on any atom is 0.247 e. The van der Waals surface area contributed by atoms with Crippen molar-refractivity contribution in [3.63, 3.8) is 0 Å². The first-order chi connectivity index (χ1) is 10.4. The van der Waals surface area contributed by atoms with Gasteiger partial charge in [0.25, 0.3) is 0 Å². The Morgan fingerprint density at radius 1 is 1.55 bits per heavy atom. The van der Waals surface area contributed by atoms with Crippen LogP contribution >= 0.6 is 24.4 Å². The molecule has 0 spiro atoms. The van der Waals surface area contributed by atoms with E-state index in [1.807, 2.05) is 0 Å².